The molecule has 0 saturated heterocycles. The molecule has 7 nitrogen and oxygen atoms in total. The van der Waals surface area contributed by atoms with Gasteiger partial charge in [0.15, 0.2) is 5.65 Å². The minimum absolute atomic E-state index is 0.307. The van der Waals surface area contributed by atoms with E-state index in [0.717, 1.165) is 57.2 Å². The van der Waals surface area contributed by atoms with Gasteiger partial charge in [0.1, 0.15) is 11.6 Å². The molecular formula is C37H36FN7S. The molecule has 4 heterocycles. The van der Waals surface area contributed by atoms with E-state index in [1.165, 1.54) is 17.7 Å². The van der Waals surface area contributed by atoms with Gasteiger partial charge in [-0.3, -0.25) is 14.8 Å². The van der Waals surface area contributed by atoms with E-state index in [1.54, 1.807) is 6.20 Å². The van der Waals surface area contributed by atoms with Crippen molar-refractivity contribution >= 4 is 43.7 Å². The van der Waals surface area contributed by atoms with Gasteiger partial charge in [0, 0.05) is 47.8 Å². The quantitative estimate of drug-likeness (QED) is 0.127. The van der Waals surface area contributed by atoms with E-state index in [0.29, 0.717) is 29.4 Å². The van der Waals surface area contributed by atoms with Crippen molar-refractivity contribution in [3.63, 3.8) is 0 Å². The number of pyridine rings is 3. The summed E-state index contributed by atoms with van der Waals surface area (Å²) in [6.45, 7) is 6.72. The Hall–Kier alpha value is -5.12. The van der Waals surface area contributed by atoms with Crippen molar-refractivity contribution in [3.8, 4) is 22.3 Å². The lowest BCUT2D eigenvalue weighted by molar-refractivity contribution is 0.625. The summed E-state index contributed by atoms with van der Waals surface area (Å²) in [6.07, 6.45) is 11.1. The third-order valence-corrected chi connectivity index (χ3v) is 8.59. The zero-order chi connectivity index (χ0) is 32.3. The van der Waals surface area contributed by atoms with Gasteiger partial charge in [0.05, 0.1) is 11.4 Å². The first-order chi connectivity index (χ1) is 22.1. The standard InChI is InChI=1S/C37H36FN7S/c1-24-33(29-16-28(17-32(38)18-29)21-42-46(3,4)5)13-14-40-36(24)43-25(2)35-34-19-31(23-41-37(34)45-44-35)30-15-27(20-39-22-30)12-11-26-9-7-6-8-10-26/h6-10,13-20,22-23,42H,2-4,11-12,21H2,1,5H3,(H,40,43)(H,41,44,45). The highest BCUT2D eigenvalue weighted by atomic mass is 32.2. The number of H-pyrrole nitrogens is 1. The third kappa shape index (κ3) is 7.22. The molecule has 0 radical (unpaired) electrons. The average molecular weight is 630 g/mol. The van der Waals surface area contributed by atoms with Crippen LogP contribution in [0.4, 0.5) is 10.2 Å². The van der Waals surface area contributed by atoms with Crippen LogP contribution in [0.3, 0.4) is 0 Å². The lowest BCUT2D eigenvalue weighted by Crippen LogP contribution is -2.08. The molecule has 2 aromatic carbocycles. The first-order valence-corrected chi connectivity index (χ1v) is 17.2. The largest absolute Gasteiger partial charge is 0.339 e. The fourth-order valence-electron chi connectivity index (χ4n) is 5.35. The molecule has 9 heteroatoms. The van der Waals surface area contributed by atoms with Crippen LogP contribution in [0.25, 0.3) is 39.0 Å². The lowest BCUT2D eigenvalue weighted by atomic mass is 9.99. The van der Waals surface area contributed by atoms with Crippen molar-refractivity contribution in [2.75, 3.05) is 11.6 Å². The van der Waals surface area contributed by atoms with Crippen LogP contribution in [-0.4, -0.2) is 43.1 Å². The molecule has 0 amide bonds. The highest BCUT2D eigenvalue weighted by Crippen LogP contribution is 2.32. The predicted molar refractivity (Wildman–Crippen MR) is 193 cm³/mol. The number of halogens is 1. The minimum atomic E-state index is -1.43. The minimum Gasteiger partial charge on any atom is -0.339 e. The van der Waals surface area contributed by atoms with E-state index in [9.17, 15) is 4.39 Å². The normalized spacial score (nSPS) is 11.5. The number of fused-ring (bicyclic) bond motifs is 1. The Morgan fingerprint density at radius 3 is 2.43 bits per heavy atom. The molecule has 6 rings (SSSR count). The van der Waals surface area contributed by atoms with Gasteiger partial charge in [-0.15, -0.1) is 0 Å². The molecule has 3 N–H and O–H groups in total. The van der Waals surface area contributed by atoms with Crippen molar-refractivity contribution in [2.45, 2.75) is 26.3 Å². The summed E-state index contributed by atoms with van der Waals surface area (Å²) >= 11 is 0. The van der Waals surface area contributed by atoms with Crippen LogP contribution < -0.4 is 10.0 Å². The molecule has 0 fully saturated rings. The van der Waals surface area contributed by atoms with E-state index in [4.69, 9.17) is 0 Å². The van der Waals surface area contributed by atoms with Crippen molar-refractivity contribution in [2.24, 2.45) is 0 Å². The van der Waals surface area contributed by atoms with Crippen molar-refractivity contribution in [1.29, 1.82) is 0 Å². The monoisotopic (exact) mass is 629 g/mol. The first kappa shape index (κ1) is 30.9. The molecule has 232 valence electrons. The number of aromatic nitrogens is 5. The summed E-state index contributed by atoms with van der Waals surface area (Å²) < 4.78 is 18.0. The van der Waals surface area contributed by atoms with Crippen LogP contribution in [0.2, 0.25) is 0 Å². The summed E-state index contributed by atoms with van der Waals surface area (Å²) in [7, 11) is -1.43. The molecule has 0 unspecified atom stereocenters. The van der Waals surface area contributed by atoms with Crippen LogP contribution >= 0.6 is 9.39 Å². The number of rotatable bonds is 11. The Kier molecular flexibility index (Phi) is 8.78. The Balaban J connectivity index is 1.23. The molecule has 0 saturated carbocycles. The van der Waals surface area contributed by atoms with Crippen molar-refractivity contribution in [1.82, 2.24) is 29.9 Å². The van der Waals surface area contributed by atoms with Gasteiger partial charge < -0.3 is 5.32 Å². The molecule has 0 bridgehead atoms. The van der Waals surface area contributed by atoms with Crippen molar-refractivity contribution in [3.05, 3.63) is 132 Å². The fraction of sp³-hybridized carbons (Fsp3) is 0.135. The molecule has 4 aromatic heterocycles. The number of nitrogens with zero attached hydrogens (tertiary/aromatic N) is 4. The Morgan fingerprint density at radius 2 is 1.63 bits per heavy atom. The zero-order valence-electron chi connectivity index (χ0n) is 26.0. The molecular weight excluding hydrogens is 594 g/mol. The Bertz CT molecular complexity index is 2150. The van der Waals surface area contributed by atoms with Crippen LogP contribution in [0, 0.1) is 12.7 Å². The number of aryl methyl sites for hydroxylation is 2. The first-order valence-electron chi connectivity index (χ1n) is 14.9. The van der Waals surface area contributed by atoms with Gasteiger partial charge in [-0.1, -0.05) is 48.7 Å². The number of anilines is 1. The SMILES string of the molecule is C=C(Nc1nccc(-c2cc(F)cc(CNS(=C)(=C)C)c2)c1C)c1[nH]nc2ncc(-c3cncc(CCc4ccccc4)c3)cc12. The summed E-state index contributed by atoms with van der Waals surface area (Å²) in [5, 5.41) is 11.7. The predicted octanol–water partition coefficient (Wildman–Crippen LogP) is 7.70. The third-order valence-electron chi connectivity index (χ3n) is 7.75. The number of benzene rings is 2. The number of aromatic amines is 1. The van der Waals surface area contributed by atoms with Crippen LogP contribution in [-0.2, 0) is 19.4 Å². The van der Waals surface area contributed by atoms with Crippen molar-refractivity contribution < 1.29 is 4.39 Å². The van der Waals surface area contributed by atoms with E-state index in [-0.39, 0.29) is 5.82 Å². The second kappa shape index (κ2) is 13.1. The smallest absolute Gasteiger partial charge is 0.181 e. The highest BCUT2D eigenvalue weighted by molar-refractivity contribution is 8.25. The van der Waals surface area contributed by atoms with E-state index >= 15 is 0 Å². The van der Waals surface area contributed by atoms with Crippen LogP contribution in [0.1, 0.15) is 27.9 Å². The molecule has 6 aromatic rings. The molecule has 0 aliphatic rings. The Morgan fingerprint density at radius 1 is 0.870 bits per heavy atom. The number of hydrogen-bond acceptors (Lipinski definition) is 6. The number of hydrogen-bond donors (Lipinski definition) is 3. The topological polar surface area (TPSA) is 91.4 Å². The second-order valence-corrected chi connectivity index (χ2v) is 14.5. The van der Waals surface area contributed by atoms with Gasteiger partial charge in [0.25, 0.3) is 0 Å². The molecule has 0 aliphatic heterocycles. The summed E-state index contributed by atoms with van der Waals surface area (Å²) in [5.74, 6) is 8.41. The van der Waals surface area contributed by atoms with Gasteiger partial charge >= 0.3 is 0 Å². The molecule has 0 aliphatic carbocycles. The van der Waals surface area contributed by atoms with Gasteiger partial charge in [-0.2, -0.15) is 14.5 Å². The summed E-state index contributed by atoms with van der Waals surface area (Å²) in [6, 6.07) is 21.6. The highest BCUT2D eigenvalue weighted by Gasteiger charge is 2.15. The summed E-state index contributed by atoms with van der Waals surface area (Å²) in [5.41, 5.74) is 9.55. The fourth-order valence-corrected chi connectivity index (χ4v) is 5.86. The molecule has 0 atom stereocenters. The summed E-state index contributed by atoms with van der Waals surface area (Å²) in [4.78, 5) is 13.7. The Labute approximate surface area is 269 Å². The lowest BCUT2D eigenvalue weighted by Gasteiger charge is -2.15. The van der Waals surface area contributed by atoms with Crippen LogP contribution in [0.5, 0.6) is 0 Å². The van der Waals surface area contributed by atoms with Gasteiger partial charge in [-0.05, 0) is 95.8 Å². The van der Waals surface area contributed by atoms with Gasteiger partial charge in [0.2, 0.25) is 0 Å². The zero-order valence-corrected chi connectivity index (χ0v) is 26.8. The van der Waals surface area contributed by atoms with E-state index in [2.05, 4.69) is 89.9 Å². The average Bonchev–Trinajstić information content (AvgIpc) is 3.47. The molecule has 0 spiro atoms. The maximum Gasteiger partial charge on any atom is 0.181 e. The van der Waals surface area contributed by atoms with E-state index < -0.39 is 9.39 Å². The molecule has 46 heavy (non-hydrogen) atoms. The maximum atomic E-state index is 14.7. The maximum absolute atomic E-state index is 14.7. The van der Waals surface area contributed by atoms with E-state index in [1.807, 2.05) is 50.0 Å². The number of nitrogens with one attached hydrogen (secondary N) is 3. The van der Waals surface area contributed by atoms with Gasteiger partial charge in [-0.25, -0.2) is 14.4 Å². The van der Waals surface area contributed by atoms with Crippen LogP contribution in [0.15, 0.2) is 98.1 Å². The second-order valence-electron chi connectivity index (χ2n) is 11.6.